The van der Waals surface area contributed by atoms with Crippen LogP contribution in [-0.4, -0.2) is 20.1 Å². The molecule has 2 rings (SSSR count). The van der Waals surface area contributed by atoms with Crippen LogP contribution in [0, 0.1) is 13.8 Å². The minimum atomic E-state index is -4.49. The molecular formula is C14H16F3N3O. The first kappa shape index (κ1) is 15.3. The Labute approximate surface area is 120 Å². The molecule has 0 bridgehead atoms. The third kappa shape index (κ3) is 3.01. The van der Waals surface area contributed by atoms with Crippen LogP contribution in [0.4, 0.5) is 13.2 Å². The summed E-state index contributed by atoms with van der Waals surface area (Å²) in [6, 6.07) is 2.62. The van der Waals surface area contributed by atoms with Crippen LogP contribution in [0.2, 0.25) is 0 Å². The average molecular weight is 299 g/mol. The van der Waals surface area contributed by atoms with E-state index >= 15 is 0 Å². The highest BCUT2D eigenvalue weighted by atomic mass is 19.4. The first-order chi connectivity index (χ1) is 9.74. The second kappa shape index (κ2) is 5.38. The van der Waals surface area contributed by atoms with Crippen LogP contribution in [0.3, 0.4) is 0 Å². The number of hydrogen-bond donors (Lipinski definition) is 0. The average Bonchev–Trinajstić information content (AvgIpc) is 2.94. The standard InChI is InChI=1S/C14H16F3N3O/c1-4-20-9(2)7-11(10(20)3)12(21)8-19-6-5-13(18-19)14(15,16)17/h5-7H,4,8H2,1-3H3. The number of ketones is 1. The summed E-state index contributed by atoms with van der Waals surface area (Å²) in [6.45, 7) is 6.23. The minimum Gasteiger partial charge on any atom is -0.349 e. The molecule has 2 aromatic rings. The zero-order valence-corrected chi connectivity index (χ0v) is 12.0. The van der Waals surface area contributed by atoms with Crippen molar-refractivity contribution in [2.75, 3.05) is 0 Å². The maximum atomic E-state index is 12.5. The number of rotatable bonds is 4. The van der Waals surface area contributed by atoms with Crippen molar-refractivity contribution in [3.8, 4) is 0 Å². The maximum Gasteiger partial charge on any atom is 0.435 e. The van der Waals surface area contributed by atoms with E-state index < -0.39 is 11.9 Å². The molecule has 0 N–H and O–H groups in total. The Bertz CT molecular complexity index is 668. The van der Waals surface area contributed by atoms with Crippen LogP contribution < -0.4 is 0 Å². The van der Waals surface area contributed by atoms with Gasteiger partial charge in [-0.15, -0.1) is 0 Å². The highest BCUT2D eigenvalue weighted by molar-refractivity contribution is 5.97. The number of hydrogen-bond acceptors (Lipinski definition) is 2. The monoisotopic (exact) mass is 299 g/mol. The fourth-order valence-electron chi connectivity index (χ4n) is 2.40. The van der Waals surface area contributed by atoms with Crippen LogP contribution in [0.5, 0.6) is 0 Å². The van der Waals surface area contributed by atoms with Gasteiger partial charge < -0.3 is 4.57 Å². The predicted octanol–water partition coefficient (Wildman–Crippen LogP) is 3.22. The van der Waals surface area contributed by atoms with E-state index in [1.807, 2.05) is 25.3 Å². The quantitative estimate of drug-likeness (QED) is 0.813. The van der Waals surface area contributed by atoms with Gasteiger partial charge in [0.25, 0.3) is 0 Å². The normalized spacial score (nSPS) is 11.9. The molecule has 0 saturated carbocycles. The van der Waals surface area contributed by atoms with Crippen molar-refractivity contribution in [1.82, 2.24) is 14.3 Å². The number of aromatic nitrogens is 3. The number of halogens is 3. The van der Waals surface area contributed by atoms with Crippen molar-refractivity contribution in [2.45, 2.75) is 40.0 Å². The number of carbonyl (C=O) groups excluding carboxylic acids is 1. The Kier molecular flexibility index (Phi) is 3.93. The molecule has 0 unspecified atom stereocenters. The Morgan fingerprint density at radius 1 is 1.33 bits per heavy atom. The van der Waals surface area contributed by atoms with Gasteiger partial charge in [0.15, 0.2) is 11.5 Å². The molecule has 7 heteroatoms. The topological polar surface area (TPSA) is 39.8 Å². The van der Waals surface area contributed by atoms with Gasteiger partial charge in [0.2, 0.25) is 0 Å². The molecule has 0 aliphatic rings. The van der Waals surface area contributed by atoms with Gasteiger partial charge >= 0.3 is 6.18 Å². The van der Waals surface area contributed by atoms with Gasteiger partial charge in [0.1, 0.15) is 6.54 Å². The Hall–Kier alpha value is -2.05. The van der Waals surface area contributed by atoms with Gasteiger partial charge in [-0.05, 0) is 32.9 Å². The van der Waals surface area contributed by atoms with Crippen molar-refractivity contribution < 1.29 is 18.0 Å². The van der Waals surface area contributed by atoms with E-state index in [1.165, 1.54) is 6.20 Å². The molecular weight excluding hydrogens is 283 g/mol. The summed E-state index contributed by atoms with van der Waals surface area (Å²) >= 11 is 0. The molecule has 0 atom stereocenters. The van der Waals surface area contributed by atoms with Crippen molar-refractivity contribution in [2.24, 2.45) is 0 Å². The SMILES string of the molecule is CCn1c(C)cc(C(=O)Cn2ccc(C(F)(F)F)n2)c1C. The number of aryl methyl sites for hydroxylation is 1. The van der Waals surface area contributed by atoms with Gasteiger partial charge in [0, 0.05) is 29.7 Å². The highest BCUT2D eigenvalue weighted by Crippen LogP contribution is 2.27. The summed E-state index contributed by atoms with van der Waals surface area (Å²) in [4.78, 5) is 12.2. The van der Waals surface area contributed by atoms with Crippen molar-refractivity contribution in [3.05, 3.63) is 41.0 Å². The van der Waals surface area contributed by atoms with Gasteiger partial charge in [0.05, 0.1) is 0 Å². The molecule has 0 aromatic carbocycles. The molecule has 0 fully saturated rings. The van der Waals surface area contributed by atoms with Crippen molar-refractivity contribution in [1.29, 1.82) is 0 Å². The minimum absolute atomic E-state index is 0.204. The summed E-state index contributed by atoms with van der Waals surface area (Å²) in [7, 11) is 0. The fourth-order valence-corrected chi connectivity index (χ4v) is 2.40. The molecule has 0 aliphatic heterocycles. The molecule has 0 radical (unpaired) electrons. The lowest BCUT2D eigenvalue weighted by atomic mass is 10.1. The van der Waals surface area contributed by atoms with Gasteiger partial charge in [-0.2, -0.15) is 18.3 Å². The predicted molar refractivity (Wildman–Crippen MR) is 71.1 cm³/mol. The number of alkyl halides is 3. The summed E-state index contributed by atoms with van der Waals surface area (Å²) in [6.07, 6.45) is -3.33. The highest BCUT2D eigenvalue weighted by Gasteiger charge is 2.33. The molecule has 114 valence electrons. The molecule has 0 spiro atoms. The van der Waals surface area contributed by atoms with E-state index in [0.29, 0.717) is 5.56 Å². The van der Waals surface area contributed by atoms with E-state index in [1.54, 1.807) is 6.07 Å². The summed E-state index contributed by atoms with van der Waals surface area (Å²) in [5, 5.41) is 3.39. The Morgan fingerprint density at radius 2 is 2.00 bits per heavy atom. The maximum absolute atomic E-state index is 12.5. The largest absolute Gasteiger partial charge is 0.435 e. The van der Waals surface area contributed by atoms with Crippen LogP contribution in [0.15, 0.2) is 18.3 Å². The lowest BCUT2D eigenvalue weighted by Crippen LogP contribution is -2.14. The first-order valence-electron chi connectivity index (χ1n) is 6.54. The zero-order chi connectivity index (χ0) is 15.8. The molecule has 0 aliphatic carbocycles. The van der Waals surface area contributed by atoms with Crippen LogP contribution in [0.1, 0.15) is 34.4 Å². The van der Waals surface area contributed by atoms with Gasteiger partial charge in [-0.25, -0.2) is 0 Å². The van der Waals surface area contributed by atoms with Gasteiger partial charge in [-0.3, -0.25) is 9.48 Å². The van der Waals surface area contributed by atoms with E-state index in [4.69, 9.17) is 0 Å². The van der Waals surface area contributed by atoms with E-state index in [9.17, 15) is 18.0 Å². The Morgan fingerprint density at radius 3 is 2.48 bits per heavy atom. The molecule has 2 heterocycles. The molecule has 0 saturated heterocycles. The van der Waals surface area contributed by atoms with Crippen molar-refractivity contribution in [3.63, 3.8) is 0 Å². The second-order valence-corrected chi connectivity index (χ2v) is 4.85. The van der Waals surface area contributed by atoms with Crippen LogP contribution in [-0.2, 0) is 19.3 Å². The number of nitrogens with zero attached hydrogens (tertiary/aromatic N) is 3. The zero-order valence-electron chi connectivity index (χ0n) is 12.0. The molecule has 0 amide bonds. The first-order valence-corrected chi connectivity index (χ1v) is 6.54. The van der Waals surface area contributed by atoms with E-state index in [0.717, 1.165) is 28.7 Å². The Balaban J connectivity index is 2.21. The smallest absolute Gasteiger partial charge is 0.349 e. The number of Topliss-reactive ketones (excluding diaryl/α,β-unsaturated/α-hetero) is 1. The number of carbonyl (C=O) groups is 1. The summed E-state index contributed by atoms with van der Waals surface area (Å²) < 4.78 is 40.4. The molecule has 2 aromatic heterocycles. The lowest BCUT2D eigenvalue weighted by Gasteiger charge is -2.06. The van der Waals surface area contributed by atoms with E-state index in [-0.39, 0.29) is 12.3 Å². The summed E-state index contributed by atoms with van der Waals surface area (Å²) in [5.41, 5.74) is 1.31. The van der Waals surface area contributed by atoms with Gasteiger partial charge in [-0.1, -0.05) is 0 Å². The van der Waals surface area contributed by atoms with Crippen molar-refractivity contribution >= 4 is 5.78 Å². The molecule has 21 heavy (non-hydrogen) atoms. The van der Waals surface area contributed by atoms with E-state index in [2.05, 4.69) is 5.10 Å². The van der Waals surface area contributed by atoms with Crippen LogP contribution >= 0.6 is 0 Å². The van der Waals surface area contributed by atoms with Crippen LogP contribution in [0.25, 0.3) is 0 Å². The third-order valence-corrected chi connectivity index (χ3v) is 3.43. The lowest BCUT2D eigenvalue weighted by molar-refractivity contribution is -0.141. The second-order valence-electron chi connectivity index (χ2n) is 4.85. The molecule has 4 nitrogen and oxygen atoms in total. The summed E-state index contributed by atoms with van der Waals surface area (Å²) in [5.74, 6) is -0.250. The fraction of sp³-hybridized carbons (Fsp3) is 0.429. The third-order valence-electron chi connectivity index (χ3n) is 3.43.